The van der Waals surface area contributed by atoms with E-state index in [1.165, 1.54) is 12.3 Å². The Balaban J connectivity index is 2.69. The Morgan fingerprint density at radius 3 is 2.80 bits per heavy atom. The number of aromatic nitrogens is 1. The maximum Gasteiger partial charge on any atom is 0.141 e. The van der Waals surface area contributed by atoms with E-state index >= 15 is 0 Å². The molecule has 1 aromatic heterocycles. The van der Waals surface area contributed by atoms with E-state index in [9.17, 15) is 4.39 Å². The van der Waals surface area contributed by atoms with E-state index < -0.39 is 0 Å². The van der Waals surface area contributed by atoms with Crippen LogP contribution in [-0.2, 0) is 6.42 Å². The Bertz CT molecular complexity index is 197. The molecule has 0 N–H and O–H groups in total. The Labute approximate surface area is 63.8 Å². The predicted molar refractivity (Wildman–Crippen MR) is 38.6 cm³/mol. The van der Waals surface area contributed by atoms with Crippen molar-refractivity contribution in [3.05, 3.63) is 29.8 Å². The standard InChI is InChI=1S/C7H7ClFN/c8-4-3-7-2-1-6(9)5-10-7/h1-2,5H,3-4H2. The number of aryl methyl sites for hydroxylation is 1. The van der Waals surface area contributed by atoms with Crippen LogP contribution in [0, 0.1) is 5.82 Å². The summed E-state index contributed by atoms with van der Waals surface area (Å²) in [4.78, 5) is 3.81. The van der Waals surface area contributed by atoms with Gasteiger partial charge in [-0.3, -0.25) is 4.98 Å². The average Bonchev–Trinajstić information content (AvgIpc) is 1.95. The van der Waals surface area contributed by atoms with Gasteiger partial charge in [0.05, 0.1) is 6.20 Å². The fourth-order valence-corrected chi connectivity index (χ4v) is 0.845. The maximum absolute atomic E-state index is 12.2. The molecule has 54 valence electrons. The first-order chi connectivity index (χ1) is 4.83. The highest BCUT2D eigenvalue weighted by atomic mass is 35.5. The van der Waals surface area contributed by atoms with Gasteiger partial charge in [-0.25, -0.2) is 4.39 Å². The van der Waals surface area contributed by atoms with E-state index in [2.05, 4.69) is 4.98 Å². The molecule has 0 aliphatic heterocycles. The van der Waals surface area contributed by atoms with Gasteiger partial charge in [0.15, 0.2) is 0 Å². The maximum atomic E-state index is 12.2. The predicted octanol–water partition coefficient (Wildman–Crippen LogP) is 2.00. The van der Waals surface area contributed by atoms with Gasteiger partial charge in [-0.05, 0) is 12.1 Å². The molecule has 0 saturated carbocycles. The zero-order chi connectivity index (χ0) is 7.40. The quantitative estimate of drug-likeness (QED) is 0.602. The monoisotopic (exact) mass is 159 g/mol. The summed E-state index contributed by atoms with van der Waals surface area (Å²) in [5.74, 6) is 0.219. The van der Waals surface area contributed by atoms with E-state index in [1.807, 2.05) is 0 Å². The van der Waals surface area contributed by atoms with Gasteiger partial charge in [0, 0.05) is 18.0 Å². The summed E-state index contributed by atoms with van der Waals surface area (Å²) in [5.41, 5.74) is 0.830. The van der Waals surface area contributed by atoms with Crippen LogP contribution in [0.1, 0.15) is 5.69 Å². The molecule has 0 bridgehead atoms. The molecule has 0 aromatic carbocycles. The Hall–Kier alpha value is -0.630. The van der Waals surface area contributed by atoms with Crippen molar-refractivity contribution in [1.29, 1.82) is 0 Å². The topological polar surface area (TPSA) is 12.9 Å². The van der Waals surface area contributed by atoms with Crippen molar-refractivity contribution in [3.63, 3.8) is 0 Å². The first-order valence-electron chi connectivity index (χ1n) is 2.99. The summed E-state index contributed by atoms with van der Waals surface area (Å²) in [6.45, 7) is 0. The van der Waals surface area contributed by atoms with Crippen molar-refractivity contribution in [2.24, 2.45) is 0 Å². The third kappa shape index (κ3) is 1.95. The molecule has 0 aliphatic rings. The fraction of sp³-hybridized carbons (Fsp3) is 0.286. The van der Waals surface area contributed by atoms with Crippen molar-refractivity contribution in [2.75, 3.05) is 5.88 Å². The molecule has 10 heavy (non-hydrogen) atoms. The third-order valence-electron chi connectivity index (χ3n) is 1.14. The first-order valence-corrected chi connectivity index (χ1v) is 3.53. The molecule has 1 nitrogen and oxygen atoms in total. The minimum absolute atomic E-state index is 0.307. The van der Waals surface area contributed by atoms with Gasteiger partial charge in [0.1, 0.15) is 5.82 Å². The van der Waals surface area contributed by atoms with Crippen LogP contribution < -0.4 is 0 Å². The largest absolute Gasteiger partial charge is 0.258 e. The summed E-state index contributed by atoms with van der Waals surface area (Å²) < 4.78 is 12.2. The van der Waals surface area contributed by atoms with Crippen molar-refractivity contribution >= 4 is 11.6 Å². The number of rotatable bonds is 2. The van der Waals surface area contributed by atoms with Gasteiger partial charge < -0.3 is 0 Å². The normalized spacial score (nSPS) is 9.80. The van der Waals surface area contributed by atoms with Gasteiger partial charge in [-0.1, -0.05) is 0 Å². The number of alkyl halides is 1. The van der Waals surface area contributed by atoms with Gasteiger partial charge in [-0.15, -0.1) is 11.6 Å². The van der Waals surface area contributed by atoms with E-state index in [0.29, 0.717) is 12.3 Å². The summed E-state index contributed by atoms with van der Waals surface area (Å²) in [7, 11) is 0. The molecule has 1 rings (SSSR count). The molecular formula is C7H7ClFN. The minimum Gasteiger partial charge on any atom is -0.258 e. The Morgan fingerprint density at radius 2 is 2.30 bits per heavy atom. The number of pyridine rings is 1. The smallest absolute Gasteiger partial charge is 0.141 e. The zero-order valence-corrected chi connectivity index (χ0v) is 6.11. The first kappa shape index (κ1) is 7.48. The molecule has 0 saturated heterocycles. The zero-order valence-electron chi connectivity index (χ0n) is 5.35. The van der Waals surface area contributed by atoms with Crippen LogP contribution in [0.25, 0.3) is 0 Å². The van der Waals surface area contributed by atoms with Crippen LogP contribution in [0.15, 0.2) is 18.3 Å². The van der Waals surface area contributed by atoms with Crippen LogP contribution in [0.5, 0.6) is 0 Å². The Morgan fingerprint density at radius 1 is 1.50 bits per heavy atom. The number of halogens is 2. The van der Waals surface area contributed by atoms with Crippen molar-refractivity contribution in [2.45, 2.75) is 6.42 Å². The average molecular weight is 160 g/mol. The van der Waals surface area contributed by atoms with E-state index in [0.717, 1.165) is 5.69 Å². The lowest BCUT2D eigenvalue weighted by Gasteiger charge is -1.93. The molecule has 1 aromatic rings. The highest BCUT2D eigenvalue weighted by molar-refractivity contribution is 6.17. The number of hydrogen-bond donors (Lipinski definition) is 0. The lowest BCUT2D eigenvalue weighted by molar-refractivity contribution is 0.619. The molecule has 0 amide bonds. The molecule has 0 aliphatic carbocycles. The van der Waals surface area contributed by atoms with E-state index in [-0.39, 0.29) is 5.82 Å². The second kappa shape index (κ2) is 3.52. The van der Waals surface area contributed by atoms with E-state index in [1.54, 1.807) is 6.07 Å². The lowest BCUT2D eigenvalue weighted by Crippen LogP contribution is -1.90. The van der Waals surface area contributed by atoms with Gasteiger partial charge >= 0.3 is 0 Å². The molecular weight excluding hydrogens is 153 g/mol. The van der Waals surface area contributed by atoms with Gasteiger partial charge in [0.25, 0.3) is 0 Å². The second-order valence-corrected chi connectivity index (χ2v) is 2.28. The van der Waals surface area contributed by atoms with Crippen molar-refractivity contribution in [1.82, 2.24) is 4.98 Å². The summed E-state index contributed by atoms with van der Waals surface area (Å²) in [5, 5.41) is 0. The fourth-order valence-electron chi connectivity index (χ4n) is 0.651. The molecule has 0 spiro atoms. The van der Waals surface area contributed by atoms with Crippen LogP contribution in [0.2, 0.25) is 0 Å². The molecule has 0 radical (unpaired) electrons. The second-order valence-electron chi connectivity index (χ2n) is 1.91. The van der Waals surface area contributed by atoms with Gasteiger partial charge in [0.2, 0.25) is 0 Å². The van der Waals surface area contributed by atoms with Crippen molar-refractivity contribution in [3.8, 4) is 0 Å². The van der Waals surface area contributed by atoms with Gasteiger partial charge in [-0.2, -0.15) is 0 Å². The third-order valence-corrected chi connectivity index (χ3v) is 1.33. The van der Waals surface area contributed by atoms with E-state index in [4.69, 9.17) is 11.6 Å². The molecule has 1 heterocycles. The summed E-state index contributed by atoms with van der Waals surface area (Å²) in [6.07, 6.45) is 1.89. The molecule has 0 fully saturated rings. The molecule has 0 unspecified atom stereocenters. The minimum atomic E-state index is -0.307. The lowest BCUT2D eigenvalue weighted by atomic mass is 10.3. The summed E-state index contributed by atoms with van der Waals surface area (Å²) >= 11 is 5.44. The van der Waals surface area contributed by atoms with Crippen LogP contribution in [0.4, 0.5) is 4.39 Å². The number of hydrogen-bond acceptors (Lipinski definition) is 1. The van der Waals surface area contributed by atoms with Crippen LogP contribution in [-0.4, -0.2) is 10.9 Å². The highest BCUT2D eigenvalue weighted by Crippen LogP contribution is 1.99. The molecule has 3 heteroatoms. The number of nitrogens with zero attached hydrogens (tertiary/aromatic N) is 1. The highest BCUT2D eigenvalue weighted by Gasteiger charge is 1.92. The molecule has 0 atom stereocenters. The van der Waals surface area contributed by atoms with Crippen LogP contribution in [0.3, 0.4) is 0 Å². The van der Waals surface area contributed by atoms with Crippen LogP contribution >= 0.6 is 11.6 Å². The summed E-state index contributed by atoms with van der Waals surface area (Å²) in [6, 6.07) is 3.02. The van der Waals surface area contributed by atoms with Crippen molar-refractivity contribution < 1.29 is 4.39 Å². The Kier molecular flexibility index (Phi) is 2.63. The SMILES string of the molecule is Fc1ccc(CCCl)nc1.